The molecule has 5 nitrogen and oxygen atoms in total. The first-order valence-corrected chi connectivity index (χ1v) is 16.8. The summed E-state index contributed by atoms with van der Waals surface area (Å²) in [6.45, 7) is 0. The van der Waals surface area contributed by atoms with E-state index in [-0.39, 0.29) is 12.0 Å². The highest BCUT2D eigenvalue weighted by atomic mass is 15.2. The van der Waals surface area contributed by atoms with E-state index in [2.05, 4.69) is 107 Å². The van der Waals surface area contributed by atoms with Crippen LogP contribution in [-0.4, -0.2) is 10.6 Å². The smallest absolute Gasteiger partial charge is 0.108 e. The van der Waals surface area contributed by atoms with Crippen LogP contribution < -0.4 is 4.90 Å². The summed E-state index contributed by atoms with van der Waals surface area (Å²) in [4.78, 5) is 2.33. The van der Waals surface area contributed by atoms with Crippen molar-refractivity contribution >= 4 is 33.1 Å². The van der Waals surface area contributed by atoms with E-state index in [1.54, 1.807) is 0 Å². The summed E-state index contributed by atoms with van der Waals surface area (Å²) < 4.78 is 2.21. The minimum Gasteiger partial charge on any atom is -0.331 e. The number of nitriles is 3. The zero-order valence-corrected chi connectivity index (χ0v) is 27.4. The van der Waals surface area contributed by atoms with Gasteiger partial charge in [0, 0.05) is 33.6 Å². The van der Waals surface area contributed by atoms with Crippen molar-refractivity contribution < 1.29 is 0 Å². The van der Waals surface area contributed by atoms with Gasteiger partial charge in [-0.15, -0.1) is 0 Å². The minimum absolute atomic E-state index is 0.0187. The molecule has 0 saturated heterocycles. The lowest BCUT2D eigenvalue weighted by molar-refractivity contribution is 0.814. The summed E-state index contributed by atoms with van der Waals surface area (Å²) in [5, 5.41) is 31.9. The van der Waals surface area contributed by atoms with Gasteiger partial charge in [0.25, 0.3) is 0 Å². The Labute approximate surface area is 296 Å². The van der Waals surface area contributed by atoms with Crippen molar-refractivity contribution in [1.29, 1.82) is 15.8 Å². The maximum Gasteiger partial charge on any atom is 0.108 e. The third-order valence-corrected chi connectivity index (χ3v) is 10.0. The van der Waals surface area contributed by atoms with Crippen LogP contribution in [0.15, 0.2) is 145 Å². The van der Waals surface area contributed by atoms with E-state index in [1.807, 2.05) is 72.8 Å². The zero-order chi connectivity index (χ0) is 34.5. The Kier molecular flexibility index (Phi) is 7.00. The highest BCUT2D eigenvalue weighted by Gasteiger charge is 2.29. The quantitative estimate of drug-likeness (QED) is 0.190. The minimum atomic E-state index is -0.0187. The number of hydrogen-bond donors (Lipinski definition) is 0. The van der Waals surface area contributed by atoms with Crippen LogP contribution in [0.1, 0.15) is 40.2 Å². The SMILES string of the molecule is N#Cc1c#cc(-c2ccc(C#N)cc2C2C=CC(N3c4ccc(C#N)cc4C4=CC3C=CC=C4)=CC2)c(-n2c3ccccc3c3ccccc32)c1. The Balaban J connectivity index is 1.16. The van der Waals surface area contributed by atoms with Crippen molar-refractivity contribution in [2.24, 2.45) is 0 Å². The van der Waals surface area contributed by atoms with E-state index < -0.39 is 0 Å². The number of anilines is 1. The molecule has 6 aromatic rings. The number of nitrogens with zero attached hydrogens (tertiary/aromatic N) is 5. The average molecular weight is 650 g/mol. The van der Waals surface area contributed by atoms with Crippen molar-refractivity contribution in [2.75, 3.05) is 4.90 Å². The number of benzene rings is 4. The molecule has 2 unspecified atom stereocenters. The molecular formula is C46H27N5. The summed E-state index contributed by atoms with van der Waals surface area (Å²) in [5.41, 5.74) is 11.6. The van der Waals surface area contributed by atoms with Gasteiger partial charge in [0.15, 0.2) is 0 Å². The molecule has 1 aromatic heterocycles. The number of para-hydroxylation sites is 2. The molecule has 51 heavy (non-hydrogen) atoms. The van der Waals surface area contributed by atoms with Gasteiger partial charge in [-0.3, -0.25) is 0 Å². The van der Waals surface area contributed by atoms with Crippen LogP contribution in [0.25, 0.3) is 44.2 Å². The predicted molar refractivity (Wildman–Crippen MR) is 202 cm³/mol. The second-order valence-corrected chi connectivity index (χ2v) is 12.9. The summed E-state index contributed by atoms with van der Waals surface area (Å²) >= 11 is 0. The van der Waals surface area contributed by atoms with E-state index in [4.69, 9.17) is 0 Å². The van der Waals surface area contributed by atoms with Crippen LogP contribution in [0.3, 0.4) is 0 Å². The Morgan fingerprint density at radius 3 is 2.14 bits per heavy atom. The lowest BCUT2D eigenvalue weighted by atomic mass is 9.84. The fourth-order valence-corrected chi connectivity index (χ4v) is 7.74. The number of fused-ring (bicyclic) bond motifs is 6. The first-order valence-electron chi connectivity index (χ1n) is 16.8. The highest BCUT2D eigenvalue weighted by Crippen LogP contribution is 2.43. The second-order valence-electron chi connectivity index (χ2n) is 12.9. The van der Waals surface area contributed by atoms with Gasteiger partial charge in [-0.1, -0.05) is 91.1 Å². The number of allylic oxidation sites excluding steroid dienone is 7. The lowest BCUT2D eigenvalue weighted by Crippen LogP contribution is -2.34. The Morgan fingerprint density at radius 2 is 1.41 bits per heavy atom. The van der Waals surface area contributed by atoms with Gasteiger partial charge in [-0.2, -0.15) is 15.8 Å². The third kappa shape index (κ3) is 4.85. The average Bonchev–Trinajstić information content (AvgIpc) is 3.38. The largest absolute Gasteiger partial charge is 0.331 e. The fourth-order valence-electron chi connectivity index (χ4n) is 7.74. The second kappa shape index (κ2) is 12.0. The molecule has 0 spiro atoms. The molecule has 5 aromatic carbocycles. The Hall–Kier alpha value is -7.31. The zero-order valence-electron chi connectivity index (χ0n) is 27.4. The first kappa shape index (κ1) is 29.8. The monoisotopic (exact) mass is 649 g/mol. The van der Waals surface area contributed by atoms with Gasteiger partial charge in [0.2, 0.25) is 0 Å². The Bertz CT molecular complexity index is 2680. The molecule has 0 radical (unpaired) electrons. The number of aromatic nitrogens is 1. The summed E-state index contributed by atoms with van der Waals surface area (Å²) in [6, 6.07) is 43.7. The van der Waals surface area contributed by atoms with Crippen molar-refractivity contribution in [3.05, 3.63) is 185 Å². The lowest BCUT2D eigenvalue weighted by Gasteiger charge is -2.37. The molecule has 0 N–H and O–H groups in total. The molecule has 3 aliphatic rings. The molecular weight excluding hydrogens is 623 g/mol. The maximum atomic E-state index is 10.0. The molecule has 2 aliphatic carbocycles. The molecule has 2 bridgehead atoms. The van der Waals surface area contributed by atoms with E-state index in [1.165, 1.54) is 0 Å². The number of rotatable bonds is 4. The third-order valence-electron chi connectivity index (χ3n) is 10.0. The van der Waals surface area contributed by atoms with E-state index in [9.17, 15) is 15.8 Å². The van der Waals surface area contributed by atoms with E-state index >= 15 is 0 Å². The summed E-state index contributed by atoms with van der Waals surface area (Å²) in [6.07, 6.45) is 18.0. The molecule has 2 atom stereocenters. The van der Waals surface area contributed by atoms with Crippen LogP contribution in [0.2, 0.25) is 0 Å². The van der Waals surface area contributed by atoms with Crippen LogP contribution in [0.5, 0.6) is 0 Å². The summed E-state index contributed by atoms with van der Waals surface area (Å²) in [5.74, 6) is -0.0187. The fraction of sp³-hybridized carbons (Fsp3) is 0.0652. The van der Waals surface area contributed by atoms with Crippen LogP contribution in [0, 0.1) is 46.1 Å². The van der Waals surface area contributed by atoms with Crippen molar-refractivity contribution in [3.63, 3.8) is 0 Å². The van der Waals surface area contributed by atoms with Crippen LogP contribution in [-0.2, 0) is 0 Å². The van der Waals surface area contributed by atoms with E-state index in [0.717, 1.165) is 66.7 Å². The van der Waals surface area contributed by atoms with Gasteiger partial charge < -0.3 is 9.47 Å². The summed E-state index contributed by atoms with van der Waals surface area (Å²) in [7, 11) is 0. The topological polar surface area (TPSA) is 79.5 Å². The van der Waals surface area contributed by atoms with Gasteiger partial charge in [0.05, 0.1) is 51.6 Å². The van der Waals surface area contributed by atoms with Gasteiger partial charge in [0.1, 0.15) is 11.6 Å². The van der Waals surface area contributed by atoms with Gasteiger partial charge in [-0.05, 0) is 83.8 Å². The maximum absolute atomic E-state index is 10.0. The Morgan fingerprint density at radius 1 is 0.667 bits per heavy atom. The molecule has 2 heterocycles. The van der Waals surface area contributed by atoms with Crippen LogP contribution in [0.4, 0.5) is 5.69 Å². The molecule has 5 heteroatoms. The van der Waals surface area contributed by atoms with Crippen molar-refractivity contribution in [3.8, 4) is 35.0 Å². The van der Waals surface area contributed by atoms with Crippen LogP contribution >= 0.6 is 0 Å². The molecule has 0 saturated carbocycles. The molecule has 0 amide bonds. The van der Waals surface area contributed by atoms with Gasteiger partial charge >= 0.3 is 0 Å². The predicted octanol–water partition coefficient (Wildman–Crippen LogP) is 9.99. The first-order chi connectivity index (χ1) is 25.1. The molecule has 1 aliphatic heterocycles. The van der Waals surface area contributed by atoms with Gasteiger partial charge in [-0.25, -0.2) is 0 Å². The molecule has 0 fully saturated rings. The van der Waals surface area contributed by atoms with Crippen molar-refractivity contribution in [2.45, 2.75) is 18.4 Å². The highest BCUT2D eigenvalue weighted by molar-refractivity contribution is 6.09. The number of hydrogen-bond acceptors (Lipinski definition) is 4. The molecule has 236 valence electrons. The normalized spacial score (nSPS) is 17.1. The molecule has 9 rings (SSSR count). The van der Waals surface area contributed by atoms with Crippen molar-refractivity contribution in [1.82, 2.24) is 4.57 Å². The standard InChI is InChI=1S/C46H27N5/c47-27-30-13-20-37(40-21-14-32(29-49)25-46(40)51-43-11-5-3-9-38(43)39-10-4-6-12-44(39)51)41(23-30)33-16-18-35(19-17-33)50-36-8-2-1-7-34(26-36)42-24-31(28-48)15-22-45(42)50/h1-13,15-16,18-20,22-26,33,36H,17H2. The van der Waals surface area contributed by atoms with E-state index in [0.29, 0.717) is 23.1 Å².